The predicted molar refractivity (Wildman–Crippen MR) is 115 cm³/mol. The monoisotopic (exact) mass is 463 g/mol. The van der Waals surface area contributed by atoms with Crippen LogP contribution in [0.3, 0.4) is 0 Å². The summed E-state index contributed by atoms with van der Waals surface area (Å²) in [5, 5.41) is 26.0. The Kier molecular flexibility index (Phi) is 5.71. The number of aromatic nitrogens is 1. The molecule has 1 saturated heterocycles. The van der Waals surface area contributed by atoms with E-state index in [1.165, 1.54) is 30.5 Å². The maximum atomic E-state index is 13.4. The van der Waals surface area contributed by atoms with Gasteiger partial charge in [0.25, 0.3) is 0 Å². The standard InChI is InChI=1S/C20H18ClN3O6S/c21-11-1-4-15-14(7-11)19(24-16-8-12(25)2-3-13(16)20(26)27)17(9-23-15)31(28,29)18-10-22-5-6-30-18/h1-4,7-9,18,22,25H,5-6,10H2,(H,23,24)(H,26,27). The molecule has 4 N–H and O–H groups in total. The number of carbonyl (C=O) groups is 1. The van der Waals surface area contributed by atoms with Gasteiger partial charge in [0.05, 0.1) is 29.1 Å². The topological polar surface area (TPSA) is 138 Å². The summed E-state index contributed by atoms with van der Waals surface area (Å²) in [5.74, 6) is -1.43. The number of hydrogen-bond acceptors (Lipinski definition) is 8. The van der Waals surface area contributed by atoms with Crippen LogP contribution in [0.1, 0.15) is 10.4 Å². The van der Waals surface area contributed by atoms with E-state index in [0.29, 0.717) is 22.5 Å². The van der Waals surface area contributed by atoms with Crippen molar-refractivity contribution in [1.82, 2.24) is 10.3 Å². The highest BCUT2D eigenvalue weighted by Gasteiger charge is 2.33. The lowest BCUT2D eigenvalue weighted by Gasteiger charge is -2.25. The molecule has 31 heavy (non-hydrogen) atoms. The van der Waals surface area contributed by atoms with Gasteiger partial charge in [0.1, 0.15) is 10.6 Å². The van der Waals surface area contributed by atoms with Crippen LogP contribution in [0.2, 0.25) is 5.02 Å². The lowest BCUT2D eigenvalue weighted by Crippen LogP contribution is -2.43. The SMILES string of the molecule is O=C(O)c1ccc(O)cc1Nc1c(S(=O)(=O)C2CNCCO2)cnc2ccc(Cl)cc12. The van der Waals surface area contributed by atoms with Crippen LogP contribution in [-0.2, 0) is 14.6 Å². The Balaban J connectivity index is 1.94. The Hall–Kier alpha value is -2.92. The number of pyridine rings is 1. The molecular formula is C20H18ClN3O6S. The molecule has 0 aliphatic carbocycles. The number of carboxylic acid groups (broad SMARTS) is 1. The molecule has 4 rings (SSSR count). The van der Waals surface area contributed by atoms with Crippen LogP contribution >= 0.6 is 11.6 Å². The second-order valence-corrected chi connectivity index (χ2v) is 9.36. The lowest BCUT2D eigenvalue weighted by atomic mass is 10.1. The minimum atomic E-state index is -4.02. The first-order valence-corrected chi connectivity index (χ1v) is 11.2. The third kappa shape index (κ3) is 4.15. The highest BCUT2D eigenvalue weighted by atomic mass is 35.5. The molecule has 1 aliphatic rings. The van der Waals surface area contributed by atoms with Gasteiger partial charge in [-0.25, -0.2) is 13.2 Å². The van der Waals surface area contributed by atoms with Gasteiger partial charge in [0.15, 0.2) is 5.44 Å². The number of aromatic hydroxyl groups is 1. The fourth-order valence-electron chi connectivity index (χ4n) is 3.33. The third-order valence-corrected chi connectivity index (χ3v) is 6.99. The Morgan fingerprint density at radius 2 is 2.06 bits per heavy atom. The second-order valence-electron chi connectivity index (χ2n) is 6.87. The van der Waals surface area contributed by atoms with Crippen LogP contribution in [0.4, 0.5) is 11.4 Å². The summed E-state index contributed by atoms with van der Waals surface area (Å²) in [6.07, 6.45) is 1.20. The minimum Gasteiger partial charge on any atom is -0.508 e. The zero-order chi connectivity index (χ0) is 22.2. The van der Waals surface area contributed by atoms with Crippen molar-refractivity contribution in [2.24, 2.45) is 0 Å². The van der Waals surface area contributed by atoms with E-state index in [2.05, 4.69) is 15.6 Å². The fraction of sp³-hybridized carbons (Fsp3) is 0.200. The first-order valence-electron chi connectivity index (χ1n) is 9.25. The van der Waals surface area contributed by atoms with Crippen molar-refractivity contribution in [3.63, 3.8) is 0 Å². The van der Waals surface area contributed by atoms with E-state index in [1.54, 1.807) is 12.1 Å². The number of phenolic OH excluding ortho intramolecular Hbond substituents is 1. The summed E-state index contributed by atoms with van der Waals surface area (Å²) in [4.78, 5) is 15.7. The van der Waals surface area contributed by atoms with Gasteiger partial charge in [-0.1, -0.05) is 11.6 Å². The number of anilines is 2. The number of nitrogens with zero attached hydrogens (tertiary/aromatic N) is 1. The molecule has 162 valence electrons. The van der Waals surface area contributed by atoms with E-state index in [4.69, 9.17) is 16.3 Å². The molecule has 3 aromatic rings. The van der Waals surface area contributed by atoms with Crippen molar-refractivity contribution in [3.8, 4) is 5.75 Å². The zero-order valence-corrected chi connectivity index (χ0v) is 17.6. The van der Waals surface area contributed by atoms with Crippen molar-refractivity contribution in [2.45, 2.75) is 10.3 Å². The van der Waals surface area contributed by atoms with Crippen molar-refractivity contribution in [1.29, 1.82) is 0 Å². The molecule has 2 aromatic carbocycles. The average Bonchev–Trinajstić information content (AvgIpc) is 2.74. The van der Waals surface area contributed by atoms with Gasteiger partial charge in [-0.2, -0.15) is 0 Å². The minimum absolute atomic E-state index is 0.0131. The maximum absolute atomic E-state index is 13.4. The highest BCUT2D eigenvalue weighted by Crippen LogP contribution is 2.37. The van der Waals surface area contributed by atoms with Crippen LogP contribution in [0.5, 0.6) is 5.75 Å². The molecule has 0 radical (unpaired) electrons. The number of ether oxygens (including phenoxy) is 1. The molecule has 2 heterocycles. The van der Waals surface area contributed by atoms with Crippen molar-refractivity contribution >= 4 is 49.7 Å². The molecule has 1 aromatic heterocycles. The molecule has 1 atom stereocenters. The zero-order valence-electron chi connectivity index (χ0n) is 16.0. The summed E-state index contributed by atoms with van der Waals surface area (Å²) in [5.41, 5.74) is -0.730. The van der Waals surface area contributed by atoms with Crippen molar-refractivity contribution in [2.75, 3.05) is 25.0 Å². The van der Waals surface area contributed by atoms with Crippen molar-refractivity contribution < 1.29 is 28.2 Å². The van der Waals surface area contributed by atoms with Gasteiger partial charge in [-0.15, -0.1) is 0 Å². The first kappa shape index (κ1) is 21.3. The number of hydrogen-bond donors (Lipinski definition) is 4. The van der Waals surface area contributed by atoms with Gasteiger partial charge < -0.3 is 25.6 Å². The Morgan fingerprint density at radius 3 is 2.77 bits per heavy atom. The van der Waals surface area contributed by atoms with Crippen LogP contribution < -0.4 is 10.6 Å². The number of nitrogens with one attached hydrogen (secondary N) is 2. The number of benzene rings is 2. The lowest BCUT2D eigenvalue weighted by molar-refractivity contribution is 0.0698. The van der Waals surface area contributed by atoms with Gasteiger partial charge >= 0.3 is 5.97 Å². The molecular weight excluding hydrogens is 446 g/mol. The predicted octanol–water partition coefficient (Wildman–Crippen LogP) is 2.76. The third-order valence-electron chi connectivity index (χ3n) is 4.83. The normalized spacial score (nSPS) is 16.9. The number of halogens is 1. The van der Waals surface area contributed by atoms with E-state index in [9.17, 15) is 23.4 Å². The number of morpholine rings is 1. The number of rotatable bonds is 5. The smallest absolute Gasteiger partial charge is 0.337 e. The molecule has 0 bridgehead atoms. The maximum Gasteiger partial charge on any atom is 0.337 e. The summed E-state index contributed by atoms with van der Waals surface area (Å²) in [7, 11) is -4.02. The molecule has 11 heteroatoms. The van der Waals surface area contributed by atoms with Gasteiger partial charge in [0.2, 0.25) is 9.84 Å². The molecule has 0 amide bonds. The van der Waals surface area contributed by atoms with Gasteiger partial charge in [0, 0.05) is 35.8 Å². The molecule has 1 unspecified atom stereocenters. The molecule has 0 saturated carbocycles. The van der Waals surface area contributed by atoms with Gasteiger partial charge in [-0.05, 0) is 30.3 Å². The van der Waals surface area contributed by atoms with Crippen LogP contribution in [0.25, 0.3) is 10.9 Å². The average molecular weight is 464 g/mol. The summed E-state index contributed by atoms with van der Waals surface area (Å²) >= 11 is 6.14. The van der Waals surface area contributed by atoms with Crippen LogP contribution in [-0.4, -0.2) is 54.7 Å². The molecule has 1 aliphatic heterocycles. The Bertz CT molecular complexity index is 1280. The number of carboxylic acids is 1. The Labute approximate surface area is 182 Å². The van der Waals surface area contributed by atoms with E-state index in [1.807, 2.05) is 0 Å². The van der Waals surface area contributed by atoms with E-state index in [0.717, 1.165) is 0 Å². The second kappa shape index (κ2) is 8.31. The van der Waals surface area contributed by atoms with E-state index < -0.39 is 21.2 Å². The molecule has 0 spiro atoms. The molecule has 9 nitrogen and oxygen atoms in total. The number of phenols is 1. The van der Waals surface area contributed by atoms with Crippen molar-refractivity contribution in [3.05, 3.63) is 53.2 Å². The molecule has 1 fully saturated rings. The van der Waals surface area contributed by atoms with E-state index >= 15 is 0 Å². The number of fused-ring (bicyclic) bond motifs is 1. The van der Waals surface area contributed by atoms with E-state index in [-0.39, 0.29) is 40.7 Å². The largest absolute Gasteiger partial charge is 0.508 e. The number of aromatic carboxylic acids is 1. The quantitative estimate of drug-likeness (QED) is 0.449. The summed E-state index contributed by atoms with van der Waals surface area (Å²) in [6.45, 7) is 0.866. The van der Waals surface area contributed by atoms with Gasteiger partial charge in [-0.3, -0.25) is 4.98 Å². The highest BCUT2D eigenvalue weighted by molar-refractivity contribution is 7.92. The number of sulfone groups is 1. The fourth-order valence-corrected chi connectivity index (χ4v) is 5.04. The Morgan fingerprint density at radius 1 is 1.26 bits per heavy atom. The summed E-state index contributed by atoms with van der Waals surface area (Å²) < 4.78 is 32.2. The summed E-state index contributed by atoms with van der Waals surface area (Å²) in [6, 6.07) is 8.43. The van der Waals surface area contributed by atoms with Crippen LogP contribution in [0, 0.1) is 0 Å². The van der Waals surface area contributed by atoms with Crippen LogP contribution in [0.15, 0.2) is 47.5 Å². The first-order chi connectivity index (χ1) is 14.8.